The molecule has 6 heteroatoms. The van der Waals surface area contributed by atoms with Gasteiger partial charge in [0.25, 0.3) is 0 Å². The molecule has 2 aliphatic rings. The molecule has 5 nitrogen and oxygen atoms in total. The molecule has 2 unspecified atom stereocenters. The Hall–Kier alpha value is -0.170. The van der Waals surface area contributed by atoms with Crippen molar-refractivity contribution in [1.29, 1.82) is 0 Å². The number of nitrogens with zero attached hydrogens (tertiary/aromatic N) is 2. The highest BCUT2D eigenvalue weighted by Crippen LogP contribution is 2.25. The average Bonchev–Trinajstić information content (AvgIpc) is 2.41. The highest BCUT2D eigenvalue weighted by molar-refractivity contribution is 7.88. The maximum atomic E-state index is 11.7. The highest BCUT2D eigenvalue weighted by Gasteiger charge is 2.29. The van der Waals surface area contributed by atoms with Crippen molar-refractivity contribution in [2.45, 2.75) is 44.6 Å². The first kappa shape index (κ1) is 16.2. The molecule has 2 N–H and O–H groups in total. The molecule has 2 atom stereocenters. The van der Waals surface area contributed by atoms with E-state index in [4.69, 9.17) is 5.73 Å². The van der Waals surface area contributed by atoms with Gasteiger partial charge in [-0.15, -0.1) is 0 Å². The lowest BCUT2D eigenvalue weighted by Crippen LogP contribution is -2.47. The van der Waals surface area contributed by atoms with Gasteiger partial charge in [-0.2, -0.15) is 0 Å². The van der Waals surface area contributed by atoms with E-state index in [1.54, 1.807) is 4.31 Å². The largest absolute Gasteiger partial charge is 0.330 e. The van der Waals surface area contributed by atoms with E-state index < -0.39 is 10.0 Å². The molecule has 0 aromatic heterocycles. The minimum Gasteiger partial charge on any atom is -0.330 e. The number of likely N-dealkylation sites (tertiary alicyclic amines) is 1. The van der Waals surface area contributed by atoms with E-state index >= 15 is 0 Å². The van der Waals surface area contributed by atoms with E-state index in [1.165, 1.54) is 25.5 Å². The van der Waals surface area contributed by atoms with Crippen LogP contribution in [0.5, 0.6) is 0 Å². The maximum absolute atomic E-state index is 11.7. The van der Waals surface area contributed by atoms with Crippen molar-refractivity contribution >= 4 is 10.0 Å². The molecule has 2 saturated heterocycles. The van der Waals surface area contributed by atoms with Gasteiger partial charge in [0.1, 0.15) is 0 Å². The summed E-state index contributed by atoms with van der Waals surface area (Å²) in [5, 5.41) is 0. The molecule has 0 saturated carbocycles. The zero-order valence-electron chi connectivity index (χ0n) is 12.6. The van der Waals surface area contributed by atoms with Crippen LogP contribution in [-0.4, -0.2) is 62.6 Å². The summed E-state index contributed by atoms with van der Waals surface area (Å²) in [6.45, 7) is 4.34. The van der Waals surface area contributed by atoms with E-state index in [1.807, 2.05) is 0 Å². The van der Waals surface area contributed by atoms with Crippen LogP contribution in [0.2, 0.25) is 0 Å². The Morgan fingerprint density at radius 1 is 1.15 bits per heavy atom. The molecule has 2 fully saturated rings. The van der Waals surface area contributed by atoms with Gasteiger partial charge < -0.3 is 10.6 Å². The number of piperidine rings is 2. The second kappa shape index (κ2) is 7.20. The van der Waals surface area contributed by atoms with Gasteiger partial charge in [0, 0.05) is 25.7 Å². The molecule has 0 aromatic carbocycles. The average molecular weight is 303 g/mol. The van der Waals surface area contributed by atoms with E-state index in [2.05, 4.69) is 4.90 Å². The second-order valence-electron chi connectivity index (χ2n) is 6.35. The quantitative estimate of drug-likeness (QED) is 0.818. The van der Waals surface area contributed by atoms with Crippen LogP contribution in [0.1, 0.15) is 38.5 Å². The Balaban J connectivity index is 1.91. The highest BCUT2D eigenvalue weighted by atomic mass is 32.2. The second-order valence-corrected chi connectivity index (χ2v) is 8.33. The lowest BCUT2D eigenvalue weighted by molar-refractivity contribution is 0.102. The number of sulfonamides is 1. The first-order valence-corrected chi connectivity index (χ1v) is 9.75. The number of rotatable bonds is 5. The Morgan fingerprint density at radius 3 is 2.65 bits per heavy atom. The van der Waals surface area contributed by atoms with Gasteiger partial charge in [0.05, 0.1) is 6.26 Å². The van der Waals surface area contributed by atoms with Crippen molar-refractivity contribution in [2.24, 2.45) is 11.7 Å². The van der Waals surface area contributed by atoms with Crippen molar-refractivity contribution in [3.8, 4) is 0 Å². The summed E-state index contributed by atoms with van der Waals surface area (Å²) < 4.78 is 25.0. The van der Waals surface area contributed by atoms with Crippen LogP contribution in [0.4, 0.5) is 0 Å². The van der Waals surface area contributed by atoms with Crippen LogP contribution in [0.3, 0.4) is 0 Å². The summed E-state index contributed by atoms with van der Waals surface area (Å²) in [4.78, 5) is 2.56. The summed E-state index contributed by atoms with van der Waals surface area (Å²) in [6.07, 6.45) is 8.37. The van der Waals surface area contributed by atoms with E-state index in [-0.39, 0.29) is 0 Å². The van der Waals surface area contributed by atoms with Gasteiger partial charge in [-0.05, 0) is 51.1 Å². The minimum absolute atomic E-state index is 0.483. The molecular formula is C14H29N3O2S. The lowest BCUT2D eigenvalue weighted by Gasteiger charge is -2.40. The van der Waals surface area contributed by atoms with Crippen LogP contribution in [0.15, 0.2) is 0 Å². The van der Waals surface area contributed by atoms with Gasteiger partial charge in [-0.1, -0.05) is 6.42 Å². The Kier molecular flexibility index (Phi) is 5.84. The van der Waals surface area contributed by atoms with E-state index in [0.29, 0.717) is 25.0 Å². The molecule has 0 aliphatic carbocycles. The smallest absolute Gasteiger partial charge is 0.211 e. The summed E-state index contributed by atoms with van der Waals surface area (Å²) in [5.74, 6) is 0.483. The molecule has 2 aliphatic heterocycles. The lowest BCUT2D eigenvalue weighted by atomic mass is 9.94. The maximum Gasteiger partial charge on any atom is 0.211 e. The third kappa shape index (κ3) is 4.41. The summed E-state index contributed by atoms with van der Waals surface area (Å²) in [6, 6.07) is 0.613. The molecular weight excluding hydrogens is 274 g/mol. The fourth-order valence-electron chi connectivity index (χ4n) is 3.63. The van der Waals surface area contributed by atoms with E-state index in [9.17, 15) is 8.42 Å². The van der Waals surface area contributed by atoms with Crippen molar-refractivity contribution in [2.75, 3.05) is 39.0 Å². The number of hydrogen-bond donors (Lipinski definition) is 1. The van der Waals surface area contributed by atoms with Gasteiger partial charge in [0.2, 0.25) is 10.0 Å². The predicted octanol–water partition coefficient (Wildman–Crippen LogP) is 0.861. The zero-order valence-corrected chi connectivity index (χ0v) is 13.4. The third-order valence-corrected chi connectivity index (χ3v) is 5.96. The number of hydrogen-bond acceptors (Lipinski definition) is 4. The van der Waals surface area contributed by atoms with Gasteiger partial charge in [-0.3, -0.25) is 0 Å². The molecule has 2 rings (SSSR count). The van der Waals surface area contributed by atoms with E-state index in [0.717, 1.165) is 38.9 Å². The molecule has 0 radical (unpaired) electrons. The molecule has 118 valence electrons. The summed E-state index contributed by atoms with van der Waals surface area (Å²) in [5.41, 5.74) is 5.72. The van der Waals surface area contributed by atoms with Crippen molar-refractivity contribution in [1.82, 2.24) is 9.21 Å². The molecule has 0 amide bonds. The van der Waals surface area contributed by atoms with Crippen molar-refractivity contribution < 1.29 is 8.42 Å². The fourth-order valence-corrected chi connectivity index (χ4v) is 4.57. The Bertz CT molecular complexity index is 397. The van der Waals surface area contributed by atoms with Crippen LogP contribution < -0.4 is 5.73 Å². The Labute approximate surface area is 123 Å². The van der Waals surface area contributed by atoms with Gasteiger partial charge >= 0.3 is 0 Å². The first-order valence-electron chi connectivity index (χ1n) is 7.90. The monoisotopic (exact) mass is 303 g/mol. The molecule has 0 spiro atoms. The summed E-state index contributed by atoms with van der Waals surface area (Å²) >= 11 is 0. The summed E-state index contributed by atoms with van der Waals surface area (Å²) in [7, 11) is -3.03. The topological polar surface area (TPSA) is 66.6 Å². The third-order valence-electron chi connectivity index (χ3n) is 4.69. The molecule has 20 heavy (non-hydrogen) atoms. The normalized spacial score (nSPS) is 30.5. The fraction of sp³-hybridized carbons (Fsp3) is 1.00. The van der Waals surface area contributed by atoms with Gasteiger partial charge in [-0.25, -0.2) is 12.7 Å². The Morgan fingerprint density at radius 2 is 1.95 bits per heavy atom. The van der Waals surface area contributed by atoms with Crippen molar-refractivity contribution in [3.05, 3.63) is 0 Å². The number of nitrogens with two attached hydrogens (primary N) is 1. The molecule has 2 heterocycles. The van der Waals surface area contributed by atoms with Crippen LogP contribution in [0, 0.1) is 5.92 Å². The van der Waals surface area contributed by atoms with Crippen molar-refractivity contribution in [3.63, 3.8) is 0 Å². The minimum atomic E-state index is -3.03. The zero-order chi connectivity index (χ0) is 14.6. The van der Waals surface area contributed by atoms with Crippen LogP contribution >= 0.6 is 0 Å². The SMILES string of the molecule is CS(=O)(=O)N1CCCC(CN2CCCCC2CCN)C1. The standard InChI is InChI=1S/C14H29N3O2S/c1-20(18,19)17-10-4-5-13(12-17)11-16-9-3-2-6-14(16)7-8-15/h13-14H,2-12,15H2,1H3. The molecule has 0 bridgehead atoms. The van der Waals surface area contributed by atoms with Gasteiger partial charge in [0.15, 0.2) is 0 Å². The predicted molar refractivity (Wildman–Crippen MR) is 82.0 cm³/mol. The first-order chi connectivity index (χ1) is 9.50. The molecule has 0 aromatic rings. The van der Waals surface area contributed by atoms with Crippen LogP contribution in [0.25, 0.3) is 0 Å². The van der Waals surface area contributed by atoms with Crippen LogP contribution in [-0.2, 0) is 10.0 Å².